The second-order valence-electron chi connectivity index (χ2n) is 4.51. The minimum Gasteiger partial charge on any atom is -0.356 e. The van der Waals surface area contributed by atoms with Gasteiger partial charge in [0.05, 0.1) is 12.7 Å². The average Bonchev–Trinajstić information content (AvgIpc) is 2.43. The Morgan fingerprint density at radius 3 is 2.24 bits per heavy atom. The van der Waals surface area contributed by atoms with Crippen molar-refractivity contribution in [2.24, 2.45) is 0 Å². The zero-order valence-corrected chi connectivity index (χ0v) is 15.2. The number of unbranched alkanes of at least 4 members (excludes halogenated alkanes) is 3. The van der Waals surface area contributed by atoms with Gasteiger partial charge in [0.2, 0.25) is 5.91 Å². The molecule has 7 heteroatoms. The molecule has 0 aliphatic heterocycles. The molecule has 0 bridgehead atoms. The molecule has 130 valence electrons. The van der Waals surface area contributed by atoms with Gasteiger partial charge in [-0.3, -0.25) is 18.4 Å². The molecule has 0 aliphatic carbocycles. The lowest BCUT2D eigenvalue weighted by atomic mass is 10.2. The highest BCUT2D eigenvalue weighted by Crippen LogP contribution is 2.49. The molecule has 0 saturated heterocycles. The summed E-state index contributed by atoms with van der Waals surface area (Å²) in [5.41, 5.74) is 0. The molecular formula is C14H34NO5P. The molecule has 0 radical (unpaired) electrons. The molecule has 1 unspecified atom stereocenters. The van der Waals surface area contributed by atoms with Gasteiger partial charge in [-0.1, -0.05) is 26.7 Å². The quantitative estimate of drug-likeness (QED) is 0.456. The van der Waals surface area contributed by atoms with Crippen molar-refractivity contribution in [3.05, 3.63) is 0 Å². The van der Waals surface area contributed by atoms with E-state index in [2.05, 4.69) is 5.32 Å². The van der Waals surface area contributed by atoms with E-state index in [9.17, 15) is 9.36 Å². The topological polar surface area (TPSA) is 73.9 Å². The van der Waals surface area contributed by atoms with Crippen molar-refractivity contribution < 1.29 is 24.4 Å². The lowest BCUT2D eigenvalue weighted by molar-refractivity contribution is -0.118. The Morgan fingerprint density at radius 2 is 1.76 bits per heavy atom. The van der Waals surface area contributed by atoms with Gasteiger partial charge < -0.3 is 5.32 Å². The number of rotatable bonds is 11. The van der Waals surface area contributed by atoms with Gasteiger partial charge in [0.1, 0.15) is 0 Å². The largest absolute Gasteiger partial charge is 0.474 e. The number of nitrogens with one attached hydrogen (secondary N) is 1. The Hall–Kier alpha value is -0.420. The summed E-state index contributed by atoms with van der Waals surface area (Å²) >= 11 is 0. The number of hydrogen-bond acceptors (Lipinski definition) is 5. The van der Waals surface area contributed by atoms with Crippen LogP contribution in [0, 0.1) is 0 Å². The SMILES string of the molecule is CC.COP(=O)(OCCCCCCNC(C)=O)OC(C)C.[HH]. The monoisotopic (exact) mass is 327 g/mol. The third-order valence-electron chi connectivity index (χ3n) is 2.26. The molecule has 0 aliphatic rings. The zero-order chi connectivity index (χ0) is 16.7. The molecule has 1 amide bonds. The van der Waals surface area contributed by atoms with Crippen LogP contribution >= 0.6 is 7.82 Å². The molecule has 21 heavy (non-hydrogen) atoms. The van der Waals surface area contributed by atoms with E-state index in [-0.39, 0.29) is 13.4 Å². The van der Waals surface area contributed by atoms with E-state index in [1.807, 2.05) is 13.8 Å². The lowest BCUT2D eigenvalue weighted by Crippen LogP contribution is -2.20. The Kier molecular flexibility index (Phi) is 15.8. The maximum atomic E-state index is 11.9. The van der Waals surface area contributed by atoms with E-state index in [1.54, 1.807) is 13.8 Å². The first-order valence-electron chi connectivity index (χ1n) is 7.63. The van der Waals surface area contributed by atoms with Crippen LogP contribution in [0.1, 0.15) is 61.7 Å². The van der Waals surface area contributed by atoms with Crippen molar-refractivity contribution in [2.45, 2.75) is 66.4 Å². The molecule has 0 aromatic heterocycles. The maximum absolute atomic E-state index is 11.9. The summed E-state index contributed by atoms with van der Waals surface area (Å²) in [7, 11) is -2.07. The zero-order valence-electron chi connectivity index (χ0n) is 14.3. The summed E-state index contributed by atoms with van der Waals surface area (Å²) in [5, 5.41) is 2.74. The molecule has 0 heterocycles. The van der Waals surface area contributed by atoms with Gasteiger partial charge in [0, 0.05) is 22.0 Å². The van der Waals surface area contributed by atoms with Crippen LogP contribution in [0.3, 0.4) is 0 Å². The second-order valence-corrected chi connectivity index (χ2v) is 6.24. The Labute approximate surface area is 131 Å². The van der Waals surface area contributed by atoms with Gasteiger partial charge in [-0.15, -0.1) is 0 Å². The molecule has 0 aromatic carbocycles. The third kappa shape index (κ3) is 15.8. The fraction of sp³-hybridized carbons (Fsp3) is 0.929. The molecule has 6 nitrogen and oxygen atoms in total. The summed E-state index contributed by atoms with van der Waals surface area (Å²) in [4.78, 5) is 10.6. The molecule has 0 rings (SSSR count). The van der Waals surface area contributed by atoms with Crippen LogP contribution in [-0.4, -0.2) is 32.3 Å². The van der Waals surface area contributed by atoms with E-state index >= 15 is 0 Å². The van der Waals surface area contributed by atoms with Crippen LogP contribution in [0.15, 0.2) is 0 Å². The number of carbonyl (C=O) groups excluding carboxylic acids is 1. The number of hydrogen-bond donors (Lipinski definition) is 1. The fourth-order valence-corrected chi connectivity index (χ4v) is 2.53. The molecule has 1 N–H and O–H groups in total. The Balaban J connectivity index is -0.00000115. The first-order chi connectivity index (χ1) is 9.89. The van der Waals surface area contributed by atoms with Crippen LogP contribution in [-0.2, 0) is 22.9 Å². The highest BCUT2D eigenvalue weighted by Gasteiger charge is 2.25. The normalized spacial score (nSPS) is 13.3. The standard InChI is InChI=1S/C12H26NO5P.C2H6.H2/c1-11(2)18-19(15,16-4)17-10-8-6-5-7-9-13-12(3)14;1-2;/h11H,5-10H2,1-4H3,(H,13,14);1-2H3;1H. The van der Waals surface area contributed by atoms with Gasteiger partial charge in [0.25, 0.3) is 0 Å². The predicted octanol–water partition coefficient (Wildman–Crippen LogP) is 4.15. The van der Waals surface area contributed by atoms with Crippen molar-refractivity contribution >= 4 is 13.7 Å². The van der Waals surface area contributed by atoms with Crippen molar-refractivity contribution in [2.75, 3.05) is 20.3 Å². The summed E-state index contributed by atoms with van der Waals surface area (Å²) in [6.45, 7) is 10.1. The van der Waals surface area contributed by atoms with E-state index in [1.165, 1.54) is 14.0 Å². The first-order valence-corrected chi connectivity index (χ1v) is 9.09. The van der Waals surface area contributed by atoms with E-state index in [4.69, 9.17) is 13.6 Å². The summed E-state index contributed by atoms with van der Waals surface area (Å²) in [5.74, 6) is -0.00444. The fourth-order valence-electron chi connectivity index (χ4n) is 1.41. The predicted molar refractivity (Wildman–Crippen MR) is 87.4 cm³/mol. The summed E-state index contributed by atoms with van der Waals surface area (Å²) in [6.07, 6.45) is 3.46. The van der Waals surface area contributed by atoms with Crippen LogP contribution in [0.2, 0.25) is 0 Å². The minimum atomic E-state index is -3.39. The highest BCUT2D eigenvalue weighted by molar-refractivity contribution is 7.48. The number of carbonyl (C=O) groups is 1. The molecule has 1 atom stereocenters. The smallest absolute Gasteiger partial charge is 0.356 e. The van der Waals surface area contributed by atoms with Crippen molar-refractivity contribution in [1.29, 1.82) is 0 Å². The average molecular weight is 327 g/mol. The highest BCUT2D eigenvalue weighted by atomic mass is 31.2. The molecule has 0 saturated carbocycles. The Bertz CT molecular complexity index is 303. The maximum Gasteiger partial charge on any atom is 0.474 e. The van der Waals surface area contributed by atoms with Crippen molar-refractivity contribution in [1.82, 2.24) is 5.32 Å². The van der Waals surface area contributed by atoms with Gasteiger partial charge in [-0.2, -0.15) is 0 Å². The van der Waals surface area contributed by atoms with Gasteiger partial charge >= 0.3 is 7.82 Å². The second kappa shape index (κ2) is 14.5. The summed E-state index contributed by atoms with van der Waals surface area (Å²) in [6, 6.07) is 0. The van der Waals surface area contributed by atoms with E-state index in [0.717, 1.165) is 25.7 Å². The van der Waals surface area contributed by atoms with Crippen LogP contribution in [0.4, 0.5) is 0 Å². The first kappa shape index (κ1) is 22.9. The van der Waals surface area contributed by atoms with Crippen molar-refractivity contribution in [3.63, 3.8) is 0 Å². The van der Waals surface area contributed by atoms with Gasteiger partial charge in [0.15, 0.2) is 0 Å². The van der Waals surface area contributed by atoms with Crippen LogP contribution in [0.25, 0.3) is 0 Å². The number of phosphoric acid groups is 1. The lowest BCUT2D eigenvalue weighted by Gasteiger charge is -2.17. The molecular weight excluding hydrogens is 293 g/mol. The number of amides is 1. The Morgan fingerprint density at radius 1 is 1.19 bits per heavy atom. The van der Waals surface area contributed by atoms with Crippen LogP contribution in [0.5, 0.6) is 0 Å². The third-order valence-corrected chi connectivity index (χ3v) is 3.88. The number of phosphoric ester groups is 1. The van der Waals surface area contributed by atoms with E-state index < -0.39 is 7.82 Å². The molecule has 0 fully saturated rings. The molecule has 0 aromatic rings. The minimum absolute atomic E-state index is 0. The van der Waals surface area contributed by atoms with E-state index in [0.29, 0.717) is 13.2 Å². The van der Waals surface area contributed by atoms with Gasteiger partial charge in [-0.25, -0.2) is 4.57 Å². The van der Waals surface area contributed by atoms with Gasteiger partial charge in [-0.05, 0) is 26.7 Å². The molecule has 0 spiro atoms. The van der Waals surface area contributed by atoms with Crippen LogP contribution < -0.4 is 5.32 Å². The summed E-state index contributed by atoms with van der Waals surface area (Å²) < 4.78 is 27.0. The van der Waals surface area contributed by atoms with Crippen molar-refractivity contribution in [3.8, 4) is 0 Å².